The minimum Gasteiger partial charge on any atom is -0.207 e. The van der Waals surface area contributed by atoms with Crippen molar-refractivity contribution in [2.45, 2.75) is 19.3 Å². The van der Waals surface area contributed by atoms with Crippen molar-refractivity contribution in [3.8, 4) is 0 Å². The molecule has 1 aliphatic carbocycles. The molecular formula is C11H13F. The minimum atomic E-state index is -0.0185. The van der Waals surface area contributed by atoms with Gasteiger partial charge in [-0.1, -0.05) is 12.1 Å². The van der Waals surface area contributed by atoms with E-state index >= 15 is 0 Å². The van der Waals surface area contributed by atoms with E-state index in [2.05, 4.69) is 13.2 Å². The van der Waals surface area contributed by atoms with Gasteiger partial charge >= 0.3 is 0 Å². The van der Waals surface area contributed by atoms with Crippen molar-refractivity contribution in [1.29, 1.82) is 0 Å². The molecule has 0 unspecified atom stereocenters. The zero-order chi connectivity index (χ0) is 8.97. The molecular weight excluding hydrogens is 151 g/mol. The van der Waals surface area contributed by atoms with Crippen LogP contribution in [-0.4, -0.2) is 0 Å². The normalized spacial score (nSPS) is 13.1. The fraction of sp³-hybridized carbons (Fsp3) is 0.273. The highest BCUT2D eigenvalue weighted by atomic mass is 19.1. The van der Waals surface area contributed by atoms with Gasteiger partial charge in [0.2, 0.25) is 0 Å². The number of hydrogen-bond donors (Lipinski definition) is 0. The Kier molecular flexibility index (Phi) is 3.03. The lowest BCUT2D eigenvalue weighted by Gasteiger charge is -1.97. The molecule has 0 bridgehead atoms. The van der Waals surface area contributed by atoms with E-state index in [9.17, 15) is 4.39 Å². The van der Waals surface area contributed by atoms with Gasteiger partial charge in [0.1, 0.15) is 5.82 Å². The first-order chi connectivity index (χ1) is 5.88. The summed E-state index contributed by atoms with van der Waals surface area (Å²) in [5.74, 6) is -0.0185. The van der Waals surface area contributed by atoms with Crippen LogP contribution < -0.4 is 0 Å². The van der Waals surface area contributed by atoms with Crippen LogP contribution in [0.1, 0.15) is 17.5 Å². The van der Waals surface area contributed by atoms with Gasteiger partial charge in [0, 0.05) is 0 Å². The molecule has 0 saturated carbocycles. The standard InChI is InChI=1S/C9H9F.C2H4/c10-9-6-2-4-7-3-1-5-8(7)9;1-2/h2,4,6H,1,3,5H2;1-2H2. The predicted octanol–water partition coefficient (Wildman–Crippen LogP) is 3.12. The van der Waals surface area contributed by atoms with Crippen LogP contribution in [0.25, 0.3) is 0 Å². The van der Waals surface area contributed by atoms with Gasteiger partial charge in [-0.2, -0.15) is 0 Å². The highest BCUT2D eigenvalue weighted by Gasteiger charge is 2.13. The van der Waals surface area contributed by atoms with Crippen molar-refractivity contribution in [2.75, 3.05) is 0 Å². The van der Waals surface area contributed by atoms with Gasteiger partial charge in [-0.15, -0.1) is 13.2 Å². The van der Waals surface area contributed by atoms with E-state index in [1.807, 2.05) is 6.07 Å². The molecule has 0 radical (unpaired) electrons. The molecule has 0 nitrogen and oxygen atoms in total. The Morgan fingerprint density at radius 3 is 2.58 bits per heavy atom. The van der Waals surface area contributed by atoms with Crippen molar-refractivity contribution in [3.05, 3.63) is 48.3 Å². The fourth-order valence-electron chi connectivity index (χ4n) is 1.57. The van der Waals surface area contributed by atoms with Gasteiger partial charge in [-0.25, -0.2) is 4.39 Å². The first-order valence-electron chi connectivity index (χ1n) is 4.14. The molecule has 0 aliphatic heterocycles. The SMILES string of the molecule is C=C.Fc1cccc2c1CCC2. The predicted molar refractivity (Wildman–Crippen MR) is 49.7 cm³/mol. The van der Waals surface area contributed by atoms with Crippen LogP contribution in [0.2, 0.25) is 0 Å². The summed E-state index contributed by atoms with van der Waals surface area (Å²) in [6.45, 7) is 6.00. The van der Waals surface area contributed by atoms with Crippen LogP contribution in [0.5, 0.6) is 0 Å². The molecule has 0 aromatic heterocycles. The number of aryl methyl sites for hydroxylation is 1. The molecule has 1 heteroatoms. The lowest BCUT2D eigenvalue weighted by molar-refractivity contribution is 0.613. The largest absolute Gasteiger partial charge is 0.207 e. The smallest absolute Gasteiger partial charge is 0.126 e. The van der Waals surface area contributed by atoms with Gasteiger partial charge in [0.05, 0.1) is 0 Å². The van der Waals surface area contributed by atoms with E-state index in [1.54, 1.807) is 12.1 Å². The van der Waals surface area contributed by atoms with E-state index in [1.165, 1.54) is 5.56 Å². The highest BCUT2D eigenvalue weighted by Crippen LogP contribution is 2.23. The third-order valence-corrected chi connectivity index (χ3v) is 2.09. The second-order valence-corrected chi connectivity index (χ2v) is 2.73. The van der Waals surface area contributed by atoms with Crippen molar-refractivity contribution < 1.29 is 4.39 Å². The van der Waals surface area contributed by atoms with E-state index in [-0.39, 0.29) is 5.82 Å². The summed E-state index contributed by atoms with van der Waals surface area (Å²) in [7, 11) is 0. The Labute approximate surface area is 72.7 Å². The molecule has 0 saturated heterocycles. The topological polar surface area (TPSA) is 0 Å². The average molecular weight is 164 g/mol. The summed E-state index contributed by atoms with van der Waals surface area (Å²) in [5.41, 5.74) is 2.16. The Bertz CT molecular complexity index is 266. The maximum absolute atomic E-state index is 12.9. The summed E-state index contributed by atoms with van der Waals surface area (Å²) < 4.78 is 12.9. The van der Waals surface area contributed by atoms with Crippen LogP contribution in [0.3, 0.4) is 0 Å². The van der Waals surface area contributed by atoms with Crippen LogP contribution in [0.4, 0.5) is 4.39 Å². The van der Waals surface area contributed by atoms with Gasteiger partial charge in [0.25, 0.3) is 0 Å². The number of benzene rings is 1. The number of halogens is 1. The summed E-state index contributed by atoms with van der Waals surface area (Å²) in [4.78, 5) is 0. The average Bonchev–Trinajstić information content (AvgIpc) is 2.57. The van der Waals surface area contributed by atoms with Crippen LogP contribution in [0.15, 0.2) is 31.4 Å². The summed E-state index contributed by atoms with van der Waals surface area (Å²) in [5, 5.41) is 0. The fourth-order valence-corrected chi connectivity index (χ4v) is 1.57. The molecule has 1 aliphatic rings. The zero-order valence-electron chi connectivity index (χ0n) is 7.15. The molecule has 0 heterocycles. The Hall–Kier alpha value is -1.11. The zero-order valence-corrected chi connectivity index (χ0v) is 7.15. The molecule has 0 amide bonds. The quantitative estimate of drug-likeness (QED) is 0.517. The molecule has 0 N–H and O–H groups in total. The number of hydrogen-bond acceptors (Lipinski definition) is 0. The van der Waals surface area contributed by atoms with E-state index in [4.69, 9.17) is 0 Å². The second kappa shape index (κ2) is 4.05. The van der Waals surface area contributed by atoms with E-state index < -0.39 is 0 Å². The lowest BCUT2D eigenvalue weighted by Crippen LogP contribution is -1.85. The Morgan fingerprint density at radius 1 is 1.17 bits per heavy atom. The lowest BCUT2D eigenvalue weighted by atomic mass is 10.1. The van der Waals surface area contributed by atoms with Crippen LogP contribution in [0, 0.1) is 5.82 Å². The summed E-state index contributed by atoms with van der Waals surface area (Å²) >= 11 is 0. The summed E-state index contributed by atoms with van der Waals surface area (Å²) in [6.07, 6.45) is 3.12. The Balaban J connectivity index is 0.000000336. The molecule has 0 spiro atoms. The summed E-state index contributed by atoms with van der Waals surface area (Å²) in [6, 6.07) is 5.36. The van der Waals surface area contributed by atoms with Crippen molar-refractivity contribution in [3.63, 3.8) is 0 Å². The number of fused-ring (bicyclic) bond motifs is 1. The molecule has 12 heavy (non-hydrogen) atoms. The third-order valence-electron chi connectivity index (χ3n) is 2.09. The van der Waals surface area contributed by atoms with Crippen molar-refractivity contribution >= 4 is 0 Å². The van der Waals surface area contributed by atoms with Crippen molar-refractivity contribution in [1.82, 2.24) is 0 Å². The first-order valence-corrected chi connectivity index (χ1v) is 4.14. The molecule has 64 valence electrons. The maximum atomic E-state index is 12.9. The molecule has 0 fully saturated rings. The van der Waals surface area contributed by atoms with Gasteiger partial charge in [-0.05, 0) is 36.5 Å². The molecule has 2 rings (SSSR count). The van der Waals surface area contributed by atoms with Crippen molar-refractivity contribution in [2.24, 2.45) is 0 Å². The molecule has 1 aromatic carbocycles. The van der Waals surface area contributed by atoms with E-state index in [0.717, 1.165) is 24.8 Å². The highest BCUT2D eigenvalue weighted by molar-refractivity contribution is 5.32. The molecule has 1 aromatic rings. The third kappa shape index (κ3) is 1.55. The van der Waals surface area contributed by atoms with Crippen LogP contribution in [-0.2, 0) is 12.8 Å². The Morgan fingerprint density at radius 2 is 1.92 bits per heavy atom. The van der Waals surface area contributed by atoms with Gasteiger partial charge in [-0.3, -0.25) is 0 Å². The van der Waals surface area contributed by atoms with Gasteiger partial charge < -0.3 is 0 Å². The minimum absolute atomic E-state index is 0.0185. The van der Waals surface area contributed by atoms with Crippen LogP contribution >= 0.6 is 0 Å². The van der Waals surface area contributed by atoms with E-state index in [0.29, 0.717) is 0 Å². The van der Waals surface area contributed by atoms with Gasteiger partial charge in [0.15, 0.2) is 0 Å². The number of rotatable bonds is 0. The first kappa shape index (κ1) is 8.98. The monoisotopic (exact) mass is 164 g/mol. The molecule has 0 atom stereocenters. The second-order valence-electron chi connectivity index (χ2n) is 2.73. The maximum Gasteiger partial charge on any atom is 0.126 e.